The number of aliphatic hydroxyl groups excluding tert-OH is 1. The van der Waals surface area contributed by atoms with E-state index in [9.17, 15) is 13.6 Å². The molecule has 2 N–H and O–H groups in total. The van der Waals surface area contributed by atoms with Gasteiger partial charge in [-0.1, -0.05) is 24.3 Å². The molecule has 0 unspecified atom stereocenters. The molecule has 1 aromatic rings. The molecule has 0 aliphatic carbocycles. The van der Waals surface area contributed by atoms with Crippen LogP contribution in [0.25, 0.3) is 0 Å². The molecule has 22 heavy (non-hydrogen) atoms. The van der Waals surface area contributed by atoms with E-state index in [0.717, 1.165) is 11.1 Å². The molecule has 1 spiro atoms. The van der Waals surface area contributed by atoms with Crippen molar-refractivity contribution >= 4 is 5.91 Å². The first kappa shape index (κ1) is 15.4. The topological polar surface area (TPSA) is 52.6 Å². The van der Waals surface area contributed by atoms with Gasteiger partial charge in [0.1, 0.15) is 0 Å². The zero-order chi connectivity index (χ0) is 15.8. The van der Waals surface area contributed by atoms with Gasteiger partial charge in [0.05, 0.1) is 18.6 Å². The summed E-state index contributed by atoms with van der Waals surface area (Å²) in [5.41, 5.74) is 0.745. The van der Waals surface area contributed by atoms with E-state index in [-0.39, 0.29) is 25.5 Å². The van der Waals surface area contributed by atoms with Crippen molar-refractivity contribution in [1.29, 1.82) is 0 Å². The first-order chi connectivity index (χ1) is 10.4. The van der Waals surface area contributed by atoms with E-state index in [1.165, 1.54) is 0 Å². The first-order valence-electron chi connectivity index (χ1n) is 7.50. The number of rotatable bonds is 3. The lowest BCUT2D eigenvalue weighted by Crippen LogP contribution is -2.54. The van der Waals surface area contributed by atoms with Crippen LogP contribution in [-0.4, -0.2) is 41.5 Å². The summed E-state index contributed by atoms with van der Waals surface area (Å²) < 4.78 is 28.2. The Hall–Kier alpha value is -1.53. The number of likely N-dealkylation sites (tertiary alicyclic amines) is 1. The molecule has 1 aromatic carbocycles. The van der Waals surface area contributed by atoms with Crippen LogP contribution in [0.4, 0.5) is 8.78 Å². The molecule has 2 aliphatic heterocycles. The molecule has 1 atom stereocenters. The van der Waals surface area contributed by atoms with Crippen molar-refractivity contribution in [3.8, 4) is 0 Å². The van der Waals surface area contributed by atoms with Gasteiger partial charge in [-0.25, -0.2) is 8.78 Å². The standard InChI is InChI=1S/C16H20F2N2O2/c17-16(18)9-15(5-6-19-14(15)22)10-20(11-16)7-12-1-3-13(8-21)4-2-12/h1-4,21H,5-11H2,(H,19,22)/t15-/m0/s1. The zero-order valence-electron chi connectivity index (χ0n) is 12.3. The Balaban J connectivity index is 1.76. The average Bonchev–Trinajstić information content (AvgIpc) is 2.78. The number of carbonyl (C=O) groups is 1. The van der Waals surface area contributed by atoms with Crippen LogP contribution < -0.4 is 5.32 Å². The number of hydrogen-bond acceptors (Lipinski definition) is 3. The number of aliphatic hydroxyl groups is 1. The summed E-state index contributed by atoms with van der Waals surface area (Å²) >= 11 is 0. The highest BCUT2D eigenvalue weighted by Crippen LogP contribution is 2.43. The molecule has 2 heterocycles. The number of alkyl halides is 2. The highest BCUT2D eigenvalue weighted by Gasteiger charge is 2.54. The molecule has 0 saturated carbocycles. The van der Waals surface area contributed by atoms with Gasteiger partial charge in [-0.2, -0.15) is 0 Å². The smallest absolute Gasteiger partial charge is 0.261 e. The number of hydrogen-bond donors (Lipinski definition) is 2. The Kier molecular flexibility index (Phi) is 3.91. The fraction of sp³-hybridized carbons (Fsp3) is 0.562. The lowest BCUT2D eigenvalue weighted by atomic mass is 9.77. The van der Waals surface area contributed by atoms with Gasteiger partial charge in [0.25, 0.3) is 5.92 Å². The van der Waals surface area contributed by atoms with Crippen LogP contribution in [0.3, 0.4) is 0 Å². The van der Waals surface area contributed by atoms with Gasteiger partial charge < -0.3 is 10.4 Å². The van der Waals surface area contributed by atoms with E-state index in [0.29, 0.717) is 26.1 Å². The second kappa shape index (κ2) is 5.59. The number of nitrogens with zero attached hydrogens (tertiary/aromatic N) is 1. The SMILES string of the molecule is O=C1NCC[C@]12CN(Cc1ccc(CO)cc1)CC(F)(F)C2. The number of benzene rings is 1. The predicted molar refractivity (Wildman–Crippen MR) is 77.3 cm³/mol. The van der Waals surface area contributed by atoms with E-state index < -0.39 is 11.3 Å². The van der Waals surface area contributed by atoms with Gasteiger partial charge in [-0.05, 0) is 17.5 Å². The monoisotopic (exact) mass is 310 g/mol. The van der Waals surface area contributed by atoms with Crippen LogP contribution in [0, 0.1) is 5.41 Å². The maximum absolute atomic E-state index is 14.1. The molecule has 120 valence electrons. The number of nitrogens with one attached hydrogen (secondary N) is 1. The molecule has 0 radical (unpaired) electrons. The van der Waals surface area contributed by atoms with E-state index >= 15 is 0 Å². The maximum Gasteiger partial charge on any atom is 0.261 e. The van der Waals surface area contributed by atoms with Crippen molar-refractivity contribution in [2.45, 2.75) is 31.9 Å². The minimum atomic E-state index is -2.84. The summed E-state index contributed by atoms with van der Waals surface area (Å²) in [6.07, 6.45) is 0.118. The van der Waals surface area contributed by atoms with E-state index in [2.05, 4.69) is 5.32 Å². The molecule has 2 saturated heterocycles. The van der Waals surface area contributed by atoms with Crippen molar-refractivity contribution < 1.29 is 18.7 Å². The molecular weight excluding hydrogens is 290 g/mol. The van der Waals surface area contributed by atoms with E-state index in [1.807, 2.05) is 12.1 Å². The Morgan fingerprint density at radius 3 is 2.45 bits per heavy atom. The number of halogens is 2. The molecule has 0 bridgehead atoms. The van der Waals surface area contributed by atoms with Gasteiger partial charge in [0.15, 0.2) is 0 Å². The van der Waals surface area contributed by atoms with Crippen molar-refractivity contribution in [2.24, 2.45) is 5.41 Å². The quantitative estimate of drug-likeness (QED) is 0.890. The predicted octanol–water partition coefficient (Wildman–Crippen LogP) is 1.53. The second-order valence-electron chi connectivity index (χ2n) is 6.44. The van der Waals surface area contributed by atoms with Gasteiger partial charge >= 0.3 is 0 Å². The molecular formula is C16H20F2N2O2. The molecule has 1 amide bonds. The van der Waals surface area contributed by atoms with Gasteiger partial charge in [0, 0.05) is 26.1 Å². The van der Waals surface area contributed by atoms with Crippen LogP contribution in [0.2, 0.25) is 0 Å². The minimum absolute atomic E-state index is 0.0364. The molecule has 6 heteroatoms. The Morgan fingerprint density at radius 2 is 1.86 bits per heavy atom. The van der Waals surface area contributed by atoms with Crippen LogP contribution in [0.15, 0.2) is 24.3 Å². The normalized spacial score (nSPS) is 28.0. The lowest BCUT2D eigenvalue weighted by Gasteiger charge is -2.42. The largest absolute Gasteiger partial charge is 0.392 e. The highest BCUT2D eigenvalue weighted by molar-refractivity contribution is 5.85. The van der Waals surface area contributed by atoms with Crippen LogP contribution in [0.1, 0.15) is 24.0 Å². The fourth-order valence-corrected chi connectivity index (χ4v) is 3.57. The summed E-state index contributed by atoms with van der Waals surface area (Å²) in [5.74, 6) is -3.09. The van der Waals surface area contributed by atoms with E-state index in [1.54, 1.807) is 17.0 Å². The van der Waals surface area contributed by atoms with E-state index in [4.69, 9.17) is 5.11 Å². The van der Waals surface area contributed by atoms with Crippen molar-refractivity contribution in [1.82, 2.24) is 10.2 Å². The third-order valence-corrected chi connectivity index (χ3v) is 4.56. The van der Waals surface area contributed by atoms with Crippen LogP contribution in [-0.2, 0) is 17.9 Å². The minimum Gasteiger partial charge on any atom is -0.392 e. The highest BCUT2D eigenvalue weighted by atomic mass is 19.3. The average molecular weight is 310 g/mol. The lowest BCUT2D eigenvalue weighted by molar-refractivity contribution is -0.149. The van der Waals surface area contributed by atoms with Crippen molar-refractivity contribution in [3.63, 3.8) is 0 Å². The van der Waals surface area contributed by atoms with Gasteiger partial charge in [0.2, 0.25) is 5.91 Å². The Bertz CT molecular complexity index is 562. The second-order valence-corrected chi connectivity index (χ2v) is 6.44. The molecule has 0 aromatic heterocycles. The van der Waals surface area contributed by atoms with Gasteiger partial charge in [-0.3, -0.25) is 9.69 Å². The summed E-state index contributed by atoms with van der Waals surface area (Å²) in [6, 6.07) is 7.24. The first-order valence-corrected chi connectivity index (χ1v) is 7.50. The number of piperidine rings is 1. The van der Waals surface area contributed by atoms with Crippen molar-refractivity contribution in [2.75, 3.05) is 19.6 Å². The Morgan fingerprint density at radius 1 is 1.18 bits per heavy atom. The summed E-state index contributed by atoms with van der Waals surface area (Å²) in [6.45, 7) is 0.885. The van der Waals surface area contributed by atoms with Crippen LogP contribution >= 0.6 is 0 Å². The third-order valence-electron chi connectivity index (χ3n) is 4.56. The molecule has 4 nitrogen and oxygen atoms in total. The number of amides is 1. The van der Waals surface area contributed by atoms with Crippen molar-refractivity contribution in [3.05, 3.63) is 35.4 Å². The third kappa shape index (κ3) is 2.98. The number of carbonyl (C=O) groups excluding carboxylic acids is 1. The molecule has 2 aliphatic rings. The molecule has 3 rings (SSSR count). The summed E-state index contributed by atoms with van der Waals surface area (Å²) in [5, 5.41) is 11.7. The molecule has 2 fully saturated rings. The summed E-state index contributed by atoms with van der Waals surface area (Å²) in [4.78, 5) is 13.7. The zero-order valence-corrected chi connectivity index (χ0v) is 12.3. The van der Waals surface area contributed by atoms with Crippen LogP contribution in [0.5, 0.6) is 0 Å². The fourth-order valence-electron chi connectivity index (χ4n) is 3.57. The Labute approximate surface area is 128 Å². The maximum atomic E-state index is 14.1. The summed E-state index contributed by atoms with van der Waals surface area (Å²) in [7, 11) is 0. The van der Waals surface area contributed by atoms with Gasteiger partial charge in [-0.15, -0.1) is 0 Å².